The summed E-state index contributed by atoms with van der Waals surface area (Å²) in [6, 6.07) is 8.14. The first-order valence-electron chi connectivity index (χ1n) is 8.09. The van der Waals surface area contributed by atoms with Gasteiger partial charge >= 0.3 is 0 Å². The Labute approximate surface area is 145 Å². The lowest BCUT2D eigenvalue weighted by Crippen LogP contribution is -2.44. The fourth-order valence-electron chi connectivity index (χ4n) is 3.10. The number of nitrogens with zero attached hydrogens (tertiary/aromatic N) is 7. The molecule has 0 bridgehead atoms. The first kappa shape index (κ1) is 15.4. The normalized spacial score (nSPS) is 15.4. The molecule has 2 aromatic heterocycles. The molecule has 0 saturated carbocycles. The molecule has 3 heterocycles. The van der Waals surface area contributed by atoms with Gasteiger partial charge in [-0.3, -0.25) is 0 Å². The van der Waals surface area contributed by atoms with Crippen molar-refractivity contribution in [3.05, 3.63) is 36.3 Å². The van der Waals surface area contributed by atoms with Crippen LogP contribution in [0.25, 0.3) is 16.7 Å². The van der Waals surface area contributed by atoms with E-state index in [2.05, 4.69) is 38.0 Å². The second-order valence-electron chi connectivity index (χ2n) is 6.16. The van der Waals surface area contributed by atoms with Crippen molar-refractivity contribution in [2.45, 2.75) is 0 Å². The SMILES string of the molecule is CN1CCN(c2ccc(-n3ncc4c(N)ncnc43)c(C#N)c2)CC1. The van der Waals surface area contributed by atoms with Gasteiger partial charge in [-0.25, -0.2) is 14.6 Å². The van der Waals surface area contributed by atoms with E-state index in [1.165, 1.54) is 6.33 Å². The van der Waals surface area contributed by atoms with Crippen molar-refractivity contribution in [3.8, 4) is 11.8 Å². The van der Waals surface area contributed by atoms with Crippen LogP contribution in [0.15, 0.2) is 30.7 Å². The quantitative estimate of drug-likeness (QED) is 0.747. The van der Waals surface area contributed by atoms with Crippen LogP contribution in [0.5, 0.6) is 0 Å². The van der Waals surface area contributed by atoms with Crippen molar-refractivity contribution < 1.29 is 0 Å². The van der Waals surface area contributed by atoms with E-state index >= 15 is 0 Å². The minimum Gasteiger partial charge on any atom is -0.383 e. The van der Waals surface area contributed by atoms with Gasteiger partial charge in [0.15, 0.2) is 5.65 Å². The van der Waals surface area contributed by atoms with Gasteiger partial charge in [0.2, 0.25) is 0 Å². The lowest BCUT2D eigenvalue weighted by molar-refractivity contribution is 0.313. The van der Waals surface area contributed by atoms with Gasteiger partial charge in [-0.15, -0.1) is 0 Å². The van der Waals surface area contributed by atoms with Crippen molar-refractivity contribution in [3.63, 3.8) is 0 Å². The molecule has 126 valence electrons. The molecule has 0 radical (unpaired) electrons. The summed E-state index contributed by atoms with van der Waals surface area (Å²) in [7, 11) is 2.12. The molecule has 2 N–H and O–H groups in total. The van der Waals surface area contributed by atoms with Crippen molar-refractivity contribution in [1.29, 1.82) is 5.26 Å². The van der Waals surface area contributed by atoms with Crippen LogP contribution < -0.4 is 10.6 Å². The highest BCUT2D eigenvalue weighted by Gasteiger charge is 2.17. The summed E-state index contributed by atoms with van der Waals surface area (Å²) >= 11 is 0. The molecule has 1 saturated heterocycles. The first-order valence-corrected chi connectivity index (χ1v) is 8.09. The van der Waals surface area contributed by atoms with Crippen molar-refractivity contribution in [2.75, 3.05) is 43.9 Å². The molecule has 4 rings (SSSR count). The Morgan fingerprint density at radius 3 is 2.72 bits per heavy atom. The number of likely N-dealkylation sites (N-methyl/N-ethyl adjacent to an activating group) is 1. The average Bonchev–Trinajstić information content (AvgIpc) is 3.07. The lowest BCUT2D eigenvalue weighted by Gasteiger charge is -2.34. The van der Waals surface area contributed by atoms with Crippen molar-refractivity contribution in [1.82, 2.24) is 24.6 Å². The van der Waals surface area contributed by atoms with Crippen molar-refractivity contribution >= 4 is 22.5 Å². The summed E-state index contributed by atoms with van der Waals surface area (Å²) in [5.74, 6) is 0.379. The number of benzene rings is 1. The summed E-state index contributed by atoms with van der Waals surface area (Å²) < 4.78 is 1.64. The van der Waals surface area contributed by atoms with Crippen LogP contribution in [0.2, 0.25) is 0 Å². The topological polar surface area (TPSA) is 99.9 Å². The third-order valence-corrected chi connectivity index (χ3v) is 4.59. The van der Waals surface area contributed by atoms with Gasteiger partial charge in [0.25, 0.3) is 0 Å². The van der Waals surface area contributed by atoms with Crippen LogP contribution in [-0.4, -0.2) is 57.9 Å². The standard InChI is InChI=1S/C17H18N8/c1-23-4-6-24(7-5-23)13-2-3-15(12(8-13)9-18)25-17-14(10-22-25)16(19)20-11-21-17/h2-3,8,10-11H,4-7H2,1H3,(H2,19,20,21). The Kier molecular flexibility index (Phi) is 3.71. The molecule has 3 aromatic rings. The number of hydrogen-bond acceptors (Lipinski definition) is 7. The third kappa shape index (κ3) is 2.64. The largest absolute Gasteiger partial charge is 0.383 e. The number of nitrogen functional groups attached to an aromatic ring is 1. The van der Waals surface area contributed by atoms with E-state index in [9.17, 15) is 5.26 Å². The molecule has 1 aliphatic rings. The van der Waals surface area contributed by atoms with Crippen LogP contribution in [0.4, 0.5) is 11.5 Å². The zero-order valence-corrected chi connectivity index (χ0v) is 13.9. The highest BCUT2D eigenvalue weighted by molar-refractivity contribution is 5.86. The maximum absolute atomic E-state index is 9.63. The molecule has 8 heteroatoms. The van der Waals surface area contributed by atoms with Crippen molar-refractivity contribution in [2.24, 2.45) is 0 Å². The smallest absolute Gasteiger partial charge is 0.168 e. The molecule has 1 aliphatic heterocycles. The zero-order valence-electron chi connectivity index (χ0n) is 13.9. The Balaban J connectivity index is 1.75. The Morgan fingerprint density at radius 1 is 1.16 bits per heavy atom. The fraction of sp³-hybridized carbons (Fsp3) is 0.294. The molecule has 1 fully saturated rings. The lowest BCUT2D eigenvalue weighted by atomic mass is 10.1. The fourth-order valence-corrected chi connectivity index (χ4v) is 3.10. The van der Waals surface area contributed by atoms with Crippen LogP contribution in [0, 0.1) is 11.3 Å². The monoisotopic (exact) mass is 334 g/mol. The van der Waals surface area contributed by atoms with Crippen LogP contribution in [-0.2, 0) is 0 Å². The minimum atomic E-state index is 0.379. The van der Waals surface area contributed by atoms with Gasteiger partial charge in [-0.05, 0) is 25.2 Å². The van der Waals surface area contributed by atoms with Gasteiger partial charge in [0.05, 0.1) is 22.8 Å². The van der Waals surface area contributed by atoms with Crippen LogP contribution in [0.1, 0.15) is 5.56 Å². The Morgan fingerprint density at radius 2 is 1.96 bits per heavy atom. The molecular weight excluding hydrogens is 316 g/mol. The number of aromatic nitrogens is 4. The molecule has 0 atom stereocenters. The highest BCUT2D eigenvalue weighted by Crippen LogP contribution is 2.26. The van der Waals surface area contributed by atoms with Gasteiger partial charge in [-0.2, -0.15) is 10.4 Å². The zero-order chi connectivity index (χ0) is 17.4. The van der Waals surface area contributed by atoms with E-state index < -0.39 is 0 Å². The Hall–Kier alpha value is -3.18. The number of rotatable bonds is 2. The van der Waals surface area contributed by atoms with E-state index in [-0.39, 0.29) is 0 Å². The molecule has 0 amide bonds. The maximum Gasteiger partial charge on any atom is 0.168 e. The number of piperazine rings is 1. The summed E-state index contributed by atoms with van der Waals surface area (Å²) in [6.45, 7) is 3.94. The summed E-state index contributed by atoms with van der Waals surface area (Å²) in [5, 5.41) is 14.7. The molecule has 0 spiro atoms. The molecule has 0 aliphatic carbocycles. The van der Waals surface area contributed by atoms with E-state index in [1.54, 1.807) is 10.9 Å². The summed E-state index contributed by atoms with van der Waals surface area (Å²) in [4.78, 5) is 12.8. The second kappa shape index (κ2) is 6.03. The number of nitriles is 1. The van der Waals surface area contributed by atoms with E-state index in [0.29, 0.717) is 28.1 Å². The summed E-state index contributed by atoms with van der Waals surface area (Å²) in [5.41, 5.74) is 8.76. The van der Waals surface area contributed by atoms with E-state index in [0.717, 1.165) is 31.9 Å². The molecule has 1 aromatic carbocycles. The highest BCUT2D eigenvalue weighted by atomic mass is 15.3. The van der Waals surface area contributed by atoms with Gasteiger partial charge in [0, 0.05) is 31.9 Å². The number of nitrogens with two attached hydrogens (primary N) is 1. The number of anilines is 2. The molecular formula is C17H18N8. The minimum absolute atomic E-state index is 0.379. The molecule has 25 heavy (non-hydrogen) atoms. The summed E-state index contributed by atoms with van der Waals surface area (Å²) in [6.07, 6.45) is 3.03. The Bertz CT molecular complexity index is 962. The average molecular weight is 334 g/mol. The third-order valence-electron chi connectivity index (χ3n) is 4.59. The number of fused-ring (bicyclic) bond motifs is 1. The van der Waals surface area contributed by atoms with E-state index in [1.807, 2.05) is 18.2 Å². The van der Waals surface area contributed by atoms with E-state index in [4.69, 9.17) is 5.73 Å². The van der Waals surface area contributed by atoms with Gasteiger partial charge < -0.3 is 15.5 Å². The van der Waals surface area contributed by atoms with Crippen LogP contribution >= 0.6 is 0 Å². The predicted octanol–water partition coefficient (Wildman–Crippen LogP) is 1.02. The predicted molar refractivity (Wildman–Crippen MR) is 95.5 cm³/mol. The second-order valence-corrected chi connectivity index (χ2v) is 6.16. The van der Waals surface area contributed by atoms with Gasteiger partial charge in [-0.1, -0.05) is 0 Å². The van der Waals surface area contributed by atoms with Gasteiger partial charge in [0.1, 0.15) is 18.2 Å². The van der Waals surface area contributed by atoms with Crippen LogP contribution in [0.3, 0.4) is 0 Å². The number of hydrogen-bond donors (Lipinski definition) is 1. The molecule has 0 unspecified atom stereocenters. The first-order chi connectivity index (χ1) is 12.2. The molecule has 8 nitrogen and oxygen atoms in total. The maximum atomic E-state index is 9.63.